The standard InChI is InChI=1S/C50H90N2/c1-33-17-23-39(24-18-33)51(41-15-11-13-35(3)29-41)47-43-27-21-38(50(8,9)10)32-46(43)48(44-28-22-37(31-45(44)47)49(5,6)7)52(40-25-19-34(2)20-26-40)42-16-12-14-36(4)30-42/h33-48H,11-32H2,1-10H3. The van der Waals surface area contributed by atoms with Gasteiger partial charge in [-0.2, -0.15) is 0 Å². The fourth-order valence-electron chi connectivity index (χ4n) is 15.2. The van der Waals surface area contributed by atoms with Gasteiger partial charge in [-0.1, -0.05) is 94.9 Å². The molecule has 0 aliphatic heterocycles. The molecule has 0 spiro atoms. The monoisotopic (exact) mass is 719 g/mol. The third-order valence-electron chi connectivity index (χ3n) is 18.3. The summed E-state index contributed by atoms with van der Waals surface area (Å²) >= 11 is 0. The summed E-state index contributed by atoms with van der Waals surface area (Å²) in [5, 5.41) is 0. The van der Waals surface area contributed by atoms with Gasteiger partial charge in [0.05, 0.1) is 0 Å². The minimum atomic E-state index is 0.425. The Hall–Kier alpha value is -0.0800. The first-order chi connectivity index (χ1) is 24.7. The highest BCUT2D eigenvalue weighted by Gasteiger charge is 2.60. The van der Waals surface area contributed by atoms with E-state index < -0.39 is 0 Å². The van der Waals surface area contributed by atoms with E-state index in [0.29, 0.717) is 10.8 Å². The van der Waals surface area contributed by atoms with Crippen LogP contribution >= 0.6 is 0 Å². The van der Waals surface area contributed by atoms with Gasteiger partial charge < -0.3 is 0 Å². The number of hydrogen-bond donors (Lipinski definition) is 0. The Morgan fingerprint density at radius 1 is 0.327 bits per heavy atom. The van der Waals surface area contributed by atoms with E-state index in [9.17, 15) is 0 Å². The molecule has 7 saturated carbocycles. The Bertz CT molecular complexity index is 1030. The Morgan fingerprint density at radius 2 is 0.692 bits per heavy atom. The summed E-state index contributed by atoms with van der Waals surface area (Å²) in [7, 11) is 0. The van der Waals surface area contributed by atoms with Crippen LogP contribution in [0.4, 0.5) is 0 Å². The molecular formula is C50H90N2. The van der Waals surface area contributed by atoms with Gasteiger partial charge in [-0.3, -0.25) is 9.80 Å². The molecule has 7 aliphatic rings. The normalized spacial score (nSPS) is 46.8. The summed E-state index contributed by atoms with van der Waals surface area (Å²) in [6.45, 7) is 26.1. The molecule has 2 heteroatoms. The zero-order valence-electron chi connectivity index (χ0n) is 36.7. The van der Waals surface area contributed by atoms with E-state index in [1.807, 2.05) is 0 Å². The van der Waals surface area contributed by atoms with Gasteiger partial charge in [-0.15, -0.1) is 0 Å². The Morgan fingerprint density at radius 3 is 1.02 bits per heavy atom. The highest BCUT2D eigenvalue weighted by atomic mass is 15.3. The maximum absolute atomic E-state index is 3.48. The van der Waals surface area contributed by atoms with Crippen molar-refractivity contribution in [2.24, 2.45) is 70.0 Å². The molecule has 0 bridgehead atoms. The van der Waals surface area contributed by atoms with Crippen LogP contribution in [0, 0.1) is 70.0 Å². The number of nitrogens with zero attached hydrogens (tertiary/aromatic N) is 2. The largest absolute Gasteiger partial charge is 0.294 e. The molecule has 0 N–H and O–H groups in total. The number of rotatable bonds is 6. The predicted octanol–water partition coefficient (Wildman–Crippen LogP) is 13.8. The number of hydrogen-bond acceptors (Lipinski definition) is 2. The smallest absolute Gasteiger partial charge is 0.0164 e. The molecule has 0 aromatic carbocycles. The summed E-state index contributed by atoms with van der Waals surface area (Å²) < 4.78 is 0. The van der Waals surface area contributed by atoms with Crippen LogP contribution < -0.4 is 0 Å². The second-order valence-corrected chi connectivity index (χ2v) is 24.0. The molecule has 0 aromatic rings. The SMILES string of the molecule is CC1CCC(N(C2CCCC(C)C2)C2C3CCC(C(C)(C)C)CC3C(N(C3CCC(C)CC3)C3CCCC(C)C3)C3CCC(C(C)(C)C)CC32)CC1. The third kappa shape index (κ3) is 8.59. The molecular weight excluding hydrogens is 629 g/mol. The molecule has 12 atom stereocenters. The van der Waals surface area contributed by atoms with Gasteiger partial charge in [0.2, 0.25) is 0 Å². The molecule has 2 nitrogen and oxygen atoms in total. The van der Waals surface area contributed by atoms with Gasteiger partial charge in [0.25, 0.3) is 0 Å². The van der Waals surface area contributed by atoms with Gasteiger partial charge in [0.15, 0.2) is 0 Å². The summed E-state index contributed by atoms with van der Waals surface area (Å²) in [5.74, 6) is 9.09. The van der Waals surface area contributed by atoms with Gasteiger partial charge in [0.1, 0.15) is 0 Å². The van der Waals surface area contributed by atoms with E-state index in [1.54, 1.807) is 0 Å². The van der Waals surface area contributed by atoms with E-state index in [2.05, 4.69) is 79.0 Å². The lowest BCUT2D eigenvalue weighted by atomic mass is 9.49. The second-order valence-electron chi connectivity index (χ2n) is 24.0. The van der Waals surface area contributed by atoms with Crippen molar-refractivity contribution in [3.05, 3.63) is 0 Å². The van der Waals surface area contributed by atoms with E-state index in [4.69, 9.17) is 0 Å². The average Bonchev–Trinajstić information content (AvgIpc) is 3.09. The minimum Gasteiger partial charge on any atom is -0.294 e. The first-order valence-corrected chi connectivity index (χ1v) is 24.2. The lowest BCUT2D eigenvalue weighted by Gasteiger charge is -2.66. The maximum Gasteiger partial charge on any atom is 0.0164 e. The molecule has 0 saturated heterocycles. The summed E-state index contributed by atoms with van der Waals surface area (Å²) in [6, 6.07) is 5.06. The molecule has 300 valence electrons. The first kappa shape index (κ1) is 40.1. The highest BCUT2D eigenvalue weighted by Crippen LogP contribution is 2.60. The van der Waals surface area contributed by atoms with Crippen molar-refractivity contribution < 1.29 is 0 Å². The Balaban J connectivity index is 1.35. The van der Waals surface area contributed by atoms with Crippen LogP contribution in [0.3, 0.4) is 0 Å². The van der Waals surface area contributed by atoms with E-state index in [-0.39, 0.29) is 0 Å². The second kappa shape index (κ2) is 16.4. The van der Waals surface area contributed by atoms with Crippen LogP contribution in [0.1, 0.15) is 210 Å². The minimum absolute atomic E-state index is 0.425. The van der Waals surface area contributed by atoms with Gasteiger partial charge >= 0.3 is 0 Å². The molecule has 7 aliphatic carbocycles. The van der Waals surface area contributed by atoms with Crippen molar-refractivity contribution in [3.63, 3.8) is 0 Å². The molecule has 0 heterocycles. The van der Waals surface area contributed by atoms with Gasteiger partial charge in [-0.25, -0.2) is 0 Å². The van der Waals surface area contributed by atoms with Gasteiger partial charge in [-0.05, 0) is 186 Å². The molecule has 12 unspecified atom stereocenters. The summed E-state index contributed by atoms with van der Waals surface area (Å²) in [5.41, 5.74) is 0.850. The van der Waals surface area contributed by atoms with E-state index in [1.165, 1.54) is 141 Å². The van der Waals surface area contributed by atoms with Gasteiger partial charge in [0, 0.05) is 36.3 Å². The lowest BCUT2D eigenvalue weighted by Crippen LogP contribution is -2.70. The van der Waals surface area contributed by atoms with Crippen molar-refractivity contribution in [1.82, 2.24) is 9.80 Å². The van der Waals surface area contributed by atoms with Crippen molar-refractivity contribution >= 4 is 0 Å². The predicted molar refractivity (Wildman–Crippen MR) is 224 cm³/mol. The molecule has 52 heavy (non-hydrogen) atoms. The van der Waals surface area contributed by atoms with E-state index in [0.717, 1.165) is 95.4 Å². The Kier molecular flexibility index (Phi) is 12.7. The van der Waals surface area contributed by atoms with Crippen LogP contribution in [0.2, 0.25) is 0 Å². The molecule has 0 radical (unpaired) electrons. The van der Waals surface area contributed by atoms with Crippen LogP contribution in [-0.2, 0) is 0 Å². The zero-order valence-corrected chi connectivity index (χ0v) is 36.7. The van der Waals surface area contributed by atoms with Crippen molar-refractivity contribution in [2.75, 3.05) is 0 Å². The molecule has 0 amide bonds. The van der Waals surface area contributed by atoms with Crippen molar-refractivity contribution in [3.8, 4) is 0 Å². The number of fused-ring (bicyclic) bond motifs is 2. The van der Waals surface area contributed by atoms with Crippen LogP contribution in [0.25, 0.3) is 0 Å². The fraction of sp³-hybridized carbons (Fsp3) is 1.00. The zero-order chi connectivity index (χ0) is 36.9. The highest BCUT2D eigenvalue weighted by molar-refractivity contribution is 5.12. The van der Waals surface area contributed by atoms with Crippen molar-refractivity contribution in [1.29, 1.82) is 0 Å². The summed E-state index contributed by atoms with van der Waals surface area (Å²) in [6.07, 6.45) is 32.8. The van der Waals surface area contributed by atoms with Crippen LogP contribution in [0.5, 0.6) is 0 Å². The molecule has 0 aromatic heterocycles. The quantitative estimate of drug-likeness (QED) is 0.270. The fourth-order valence-corrected chi connectivity index (χ4v) is 15.2. The molecule has 7 rings (SSSR count). The van der Waals surface area contributed by atoms with Crippen LogP contribution in [-0.4, -0.2) is 46.1 Å². The topological polar surface area (TPSA) is 6.48 Å². The van der Waals surface area contributed by atoms with Crippen LogP contribution in [0.15, 0.2) is 0 Å². The van der Waals surface area contributed by atoms with E-state index >= 15 is 0 Å². The maximum atomic E-state index is 3.48. The van der Waals surface area contributed by atoms with Crippen molar-refractivity contribution in [2.45, 2.75) is 247 Å². The lowest BCUT2D eigenvalue weighted by molar-refractivity contribution is -0.166. The molecule has 7 fully saturated rings. The average molecular weight is 719 g/mol. The third-order valence-corrected chi connectivity index (χ3v) is 18.3. The first-order valence-electron chi connectivity index (χ1n) is 24.2. The Labute approximate surface area is 325 Å². The summed E-state index contributed by atoms with van der Waals surface area (Å²) in [4.78, 5) is 6.95.